The molecule has 4 nitrogen and oxygen atoms in total. The summed E-state index contributed by atoms with van der Waals surface area (Å²) in [6, 6.07) is 0. The van der Waals surface area contributed by atoms with Crippen molar-refractivity contribution < 1.29 is 10.0 Å². The van der Waals surface area contributed by atoms with Gasteiger partial charge in [-0.1, -0.05) is 6.42 Å². The zero-order valence-electron chi connectivity index (χ0n) is 6.92. The van der Waals surface area contributed by atoms with Crippen LogP contribution in [0.25, 0.3) is 0 Å². The van der Waals surface area contributed by atoms with Gasteiger partial charge in [-0.15, -0.1) is 0 Å². The second-order valence-corrected chi connectivity index (χ2v) is 2.43. The van der Waals surface area contributed by atoms with Crippen molar-refractivity contribution in [2.75, 3.05) is 20.1 Å². The van der Waals surface area contributed by atoms with Crippen molar-refractivity contribution in [3.8, 4) is 0 Å². The molecule has 0 aromatic heterocycles. The predicted octanol–water partition coefficient (Wildman–Crippen LogP) is 0.224. The molecule has 0 aromatic carbocycles. The Morgan fingerprint density at radius 3 is 2.73 bits per heavy atom. The van der Waals surface area contributed by atoms with Crippen molar-refractivity contribution in [1.29, 1.82) is 0 Å². The highest BCUT2D eigenvalue weighted by molar-refractivity contribution is 5.44. The maximum atomic E-state index is 9.89. The zero-order valence-corrected chi connectivity index (χ0v) is 6.92. The van der Waals surface area contributed by atoms with Crippen LogP contribution in [0.5, 0.6) is 0 Å². The topological polar surface area (TPSA) is 52.6 Å². The van der Waals surface area contributed by atoms with Crippen molar-refractivity contribution in [2.24, 2.45) is 0 Å². The lowest BCUT2D eigenvalue weighted by molar-refractivity contribution is -0.149. The van der Waals surface area contributed by atoms with E-state index in [9.17, 15) is 4.79 Å². The summed E-state index contributed by atoms with van der Waals surface area (Å²) in [6.45, 7) is 1.43. The Kier molecular flexibility index (Phi) is 7.08. The smallest absolute Gasteiger partial charge is 0.233 e. The molecule has 11 heavy (non-hydrogen) atoms. The predicted molar refractivity (Wildman–Crippen MR) is 42.3 cm³/mol. The molecule has 4 heteroatoms. The van der Waals surface area contributed by atoms with Gasteiger partial charge in [0.15, 0.2) is 0 Å². The summed E-state index contributed by atoms with van der Waals surface area (Å²) in [5.74, 6) is 0. The van der Waals surface area contributed by atoms with E-state index in [0.717, 1.165) is 25.8 Å². The van der Waals surface area contributed by atoms with Gasteiger partial charge in [0.2, 0.25) is 6.41 Å². The Hall–Kier alpha value is -0.610. The molecule has 0 heterocycles. The van der Waals surface area contributed by atoms with Gasteiger partial charge in [0, 0.05) is 6.54 Å². The Morgan fingerprint density at radius 1 is 1.45 bits per heavy atom. The summed E-state index contributed by atoms with van der Waals surface area (Å²) in [6.07, 6.45) is 3.41. The van der Waals surface area contributed by atoms with Crippen molar-refractivity contribution in [2.45, 2.75) is 19.3 Å². The maximum Gasteiger partial charge on any atom is 0.233 e. The Labute approximate surface area is 67.1 Å². The minimum absolute atomic E-state index is 0.429. The van der Waals surface area contributed by atoms with Gasteiger partial charge < -0.3 is 5.32 Å². The first kappa shape index (κ1) is 10.4. The third-order valence-electron chi connectivity index (χ3n) is 1.44. The SMILES string of the molecule is CNCCCCCN(O)C=O. The molecule has 0 fully saturated rings. The Morgan fingerprint density at radius 2 is 2.18 bits per heavy atom. The first-order valence-electron chi connectivity index (χ1n) is 3.86. The lowest BCUT2D eigenvalue weighted by atomic mass is 10.2. The van der Waals surface area contributed by atoms with Crippen LogP contribution >= 0.6 is 0 Å². The summed E-state index contributed by atoms with van der Waals surface area (Å²) in [5.41, 5.74) is 0. The highest BCUT2D eigenvalue weighted by Crippen LogP contribution is 1.94. The molecule has 0 saturated heterocycles. The van der Waals surface area contributed by atoms with E-state index in [4.69, 9.17) is 5.21 Å². The first-order valence-corrected chi connectivity index (χ1v) is 3.86. The minimum atomic E-state index is 0.429. The average Bonchev–Trinajstić information content (AvgIpc) is 2.04. The van der Waals surface area contributed by atoms with E-state index in [1.165, 1.54) is 0 Å². The van der Waals surface area contributed by atoms with E-state index >= 15 is 0 Å². The molecule has 0 unspecified atom stereocenters. The molecular weight excluding hydrogens is 144 g/mol. The van der Waals surface area contributed by atoms with Crippen molar-refractivity contribution in [3.63, 3.8) is 0 Å². The van der Waals surface area contributed by atoms with E-state index in [1.807, 2.05) is 7.05 Å². The second kappa shape index (κ2) is 7.50. The molecule has 0 aliphatic carbocycles. The van der Waals surface area contributed by atoms with E-state index in [0.29, 0.717) is 18.0 Å². The summed E-state index contributed by atoms with van der Waals surface area (Å²) in [4.78, 5) is 9.89. The normalized spacial score (nSPS) is 9.64. The summed E-state index contributed by atoms with van der Waals surface area (Å²) in [7, 11) is 1.91. The van der Waals surface area contributed by atoms with Crippen LogP contribution in [0.15, 0.2) is 0 Å². The molecule has 0 rings (SSSR count). The Balaban J connectivity index is 2.95. The standard InChI is InChI=1S/C7H16N2O2/c1-8-5-3-2-4-6-9(11)7-10/h7-8,11H,2-6H2,1H3. The van der Waals surface area contributed by atoms with Crippen LogP contribution in [0, 0.1) is 0 Å². The van der Waals surface area contributed by atoms with Gasteiger partial charge in [-0.3, -0.25) is 10.0 Å². The quantitative estimate of drug-likeness (QED) is 0.242. The van der Waals surface area contributed by atoms with Gasteiger partial charge in [-0.25, -0.2) is 5.06 Å². The average molecular weight is 160 g/mol. The number of carbonyl (C=O) groups is 1. The Bertz CT molecular complexity index is 98.4. The number of rotatable bonds is 7. The maximum absolute atomic E-state index is 9.89. The largest absolute Gasteiger partial charge is 0.320 e. The molecule has 2 N–H and O–H groups in total. The lowest BCUT2D eigenvalue weighted by Gasteiger charge is -2.06. The van der Waals surface area contributed by atoms with Crippen LogP contribution in [-0.2, 0) is 4.79 Å². The molecule has 0 aromatic rings. The number of nitrogens with one attached hydrogen (secondary N) is 1. The van der Waals surface area contributed by atoms with Gasteiger partial charge >= 0.3 is 0 Å². The van der Waals surface area contributed by atoms with Crippen LogP contribution in [0.4, 0.5) is 0 Å². The molecule has 0 aliphatic rings. The van der Waals surface area contributed by atoms with E-state index in [2.05, 4.69) is 5.32 Å². The van der Waals surface area contributed by atoms with Gasteiger partial charge in [-0.05, 0) is 26.4 Å². The second-order valence-electron chi connectivity index (χ2n) is 2.43. The number of hydrogen-bond acceptors (Lipinski definition) is 3. The first-order chi connectivity index (χ1) is 5.31. The molecule has 0 atom stereocenters. The highest BCUT2D eigenvalue weighted by atomic mass is 16.5. The van der Waals surface area contributed by atoms with E-state index in [-0.39, 0.29) is 0 Å². The summed E-state index contributed by atoms with van der Waals surface area (Å²) >= 11 is 0. The summed E-state index contributed by atoms with van der Waals surface area (Å²) in [5, 5.41) is 12.4. The number of nitrogens with zero attached hydrogens (tertiary/aromatic N) is 1. The highest BCUT2D eigenvalue weighted by Gasteiger charge is 1.93. The monoisotopic (exact) mass is 160 g/mol. The molecule has 0 saturated carbocycles. The van der Waals surface area contributed by atoms with E-state index in [1.54, 1.807) is 0 Å². The number of unbranched alkanes of at least 4 members (excludes halogenated alkanes) is 2. The van der Waals surface area contributed by atoms with Crippen LogP contribution in [0.2, 0.25) is 0 Å². The van der Waals surface area contributed by atoms with Gasteiger partial charge in [0.05, 0.1) is 0 Å². The van der Waals surface area contributed by atoms with Gasteiger partial charge in [0.1, 0.15) is 0 Å². The fourth-order valence-corrected chi connectivity index (χ4v) is 0.805. The molecular formula is C7H16N2O2. The van der Waals surface area contributed by atoms with Crippen LogP contribution in [0.1, 0.15) is 19.3 Å². The van der Waals surface area contributed by atoms with E-state index < -0.39 is 0 Å². The number of carbonyl (C=O) groups excluding carboxylic acids is 1. The van der Waals surface area contributed by atoms with Crippen molar-refractivity contribution in [3.05, 3.63) is 0 Å². The lowest BCUT2D eigenvalue weighted by Crippen LogP contribution is -2.18. The molecule has 0 bridgehead atoms. The van der Waals surface area contributed by atoms with Crippen LogP contribution in [0.3, 0.4) is 0 Å². The van der Waals surface area contributed by atoms with Crippen LogP contribution < -0.4 is 5.32 Å². The van der Waals surface area contributed by atoms with Crippen molar-refractivity contribution in [1.82, 2.24) is 10.4 Å². The molecule has 0 spiro atoms. The summed E-state index contributed by atoms with van der Waals surface area (Å²) < 4.78 is 0. The zero-order chi connectivity index (χ0) is 8.53. The fourth-order valence-electron chi connectivity index (χ4n) is 0.805. The number of hydroxylamine groups is 2. The van der Waals surface area contributed by atoms with Gasteiger partial charge in [0.25, 0.3) is 0 Å². The number of hydrogen-bond donors (Lipinski definition) is 2. The van der Waals surface area contributed by atoms with Gasteiger partial charge in [-0.2, -0.15) is 0 Å². The third kappa shape index (κ3) is 7.29. The molecule has 0 radical (unpaired) electrons. The van der Waals surface area contributed by atoms with Crippen LogP contribution in [-0.4, -0.2) is 36.8 Å². The van der Waals surface area contributed by atoms with Crippen molar-refractivity contribution >= 4 is 6.41 Å². The molecule has 0 aliphatic heterocycles. The molecule has 66 valence electrons. The molecule has 1 amide bonds. The fraction of sp³-hybridized carbons (Fsp3) is 0.857. The number of amides is 1. The third-order valence-corrected chi connectivity index (χ3v) is 1.44. The minimum Gasteiger partial charge on any atom is -0.320 e.